The van der Waals surface area contributed by atoms with Crippen LogP contribution in [0.15, 0.2) is 36.4 Å². The first-order valence-corrected chi connectivity index (χ1v) is 7.26. The quantitative estimate of drug-likeness (QED) is 0.871. The Balaban J connectivity index is 2.42. The second-order valence-corrected chi connectivity index (χ2v) is 5.32. The number of hydrogen-bond acceptors (Lipinski definition) is 1. The van der Waals surface area contributed by atoms with E-state index in [4.69, 9.17) is 17.3 Å². The van der Waals surface area contributed by atoms with E-state index in [-0.39, 0.29) is 5.82 Å². The summed E-state index contributed by atoms with van der Waals surface area (Å²) in [5.74, 6) is -0.320. The molecule has 2 aromatic rings. The summed E-state index contributed by atoms with van der Waals surface area (Å²) in [6.07, 6.45) is 1.94. The Morgan fingerprint density at radius 1 is 1.05 bits per heavy atom. The molecule has 0 saturated heterocycles. The van der Waals surface area contributed by atoms with Gasteiger partial charge in [0.2, 0.25) is 0 Å². The summed E-state index contributed by atoms with van der Waals surface area (Å²) in [6, 6.07) is 10.1. The zero-order chi connectivity index (χ0) is 14.7. The molecular weight excluding hydrogens is 273 g/mol. The second-order valence-electron chi connectivity index (χ2n) is 4.88. The van der Waals surface area contributed by atoms with Gasteiger partial charge in [0.25, 0.3) is 0 Å². The third kappa shape index (κ3) is 3.02. The highest BCUT2D eigenvalue weighted by Crippen LogP contribution is 2.26. The number of hydrogen-bond donors (Lipinski definition) is 1. The molecule has 20 heavy (non-hydrogen) atoms. The van der Waals surface area contributed by atoms with E-state index >= 15 is 0 Å². The molecule has 0 spiro atoms. The van der Waals surface area contributed by atoms with Gasteiger partial charge in [0, 0.05) is 10.6 Å². The number of halogens is 2. The van der Waals surface area contributed by atoms with Crippen LogP contribution in [0.5, 0.6) is 0 Å². The summed E-state index contributed by atoms with van der Waals surface area (Å²) in [5.41, 5.74) is 10.1. The van der Waals surface area contributed by atoms with E-state index in [0.717, 1.165) is 18.4 Å². The van der Waals surface area contributed by atoms with Crippen LogP contribution in [0.1, 0.15) is 42.1 Å². The smallest absolute Gasteiger partial charge is 0.128 e. The fourth-order valence-electron chi connectivity index (χ4n) is 2.45. The normalized spacial score (nSPS) is 12.4. The molecule has 1 unspecified atom stereocenters. The van der Waals surface area contributed by atoms with Crippen molar-refractivity contribution in [3.63, 3.8) is 0 Å². The Bertz CT molecular complexity index is 610. The van der Waals surface area contributed by atoms with Crippen molar-refractivity contribution >= 4 is 11.6 Å². The molecule has 2 N–H and O–H groups in total. The average molecular weight is 292 g/mol. The first-order valence-electron chi connectivity index (χ1n) is 6.89. The van der Waals surface area contributed by atoms with Crippen molar-refractivity contribution in [3.05, 3.63) is 69.5 Å². The van der Waals surface area contributed by atoms with E-state index < -0.39 is 6.04 Å². The lowest BCUT2D eigenvalue weighted by Gasteiger charge is -2.16. The molecule has 0 fully saturated rings. The van der Waals surface area contributed by atoms with Crippen molar-refractivity contribution in [2.45, 2.75) is 32.7 Å². The van der Waals surface area contributed by atoms with Crippen molar-refractivity contribution in [2.75, 3.05) is 0 Å². The van der Waals surface area contributed by atoms with E-state index in [1.165, 1.54) is 23.3 Å². The highest BCUT2D eigenvalue weighted by molar-refractivity contribution is 6.30. The molecule has 0 saturated carbocycles. The Morgan fingerprint density at radius 3 is 2.40 bits per heavy atom. The van der Waals surface area contributed by atoms with Crippen molar-refractivity contribution in [1.82, 2.24) is 0 Å². The lowest BCUT2D eigenvalue weighted by atomic mass is 9.93. The number of rotatable bonds is 4. The number of aryl methyl sites for hydroxylation is 2. The minimum absolute atomic E-state index is 0.320. The van der Waals surface area contributed by atoms with Gasteiger partial charge in [-0.2, -0.15) is 0 Å². The third-order valence-electron chi connectivity index (χ3n) is 3.64. The molecule has 1 nitrogen and oxygen atoms in total. The van der Waals surface area contributed by atoms with Crippen LogP contribution < -0.4 is 5.73 Å². The highest BCUT2D eigenvalue weighted by Gasteiger charge is 2.15. The molecule has 0 aromatic heterocycles. The first-order chi connectivity index (χ1) is 9.56. The second kappa shape index (κ2) is 6.38. The molecule has 1 atom stereocenters. The summed E-state index contributed by atoms with van der Waals surface area (Å²) < 4.78 is 13.9. The van der Waals surface area contributed by atoms with Gasteiger partial charge >= 0.3 is 0 Å². The summed E-state index contributed by atoms with van der Waals surface area (Å²) in [4.78, 5) is 0. The Hall–Kier alpha value is -1.38. The zero-order valence-electron chi connectivity index (χ0n) is 11.8. The van der Waals surface area contributed by atoms with Crippen LogP contribution in [0.2, 0.25) is 5.02 Å². The molecule has 3 heteroatoms. The van der Waals surface area contributed by atoms with Gasteiger partial charge in [0.15, 0.2) is 0 Å². The Morgan fingerprint density at radius 2 is 1.75 bits per heavy atom. The van der Waals surface area contributed by atoms with E-state index in [1.54, 1.807) is 6.07 Å². The van der Waals surface area contributed by atoms with Gasteiger partial charge < -0.3 is 5.73 Å². The molecule has 0 bridgehead atoms. The van der Waals surface area contributed by atoms with Crippen molar-refractivity contribution < 1.29 is 4.39 Å². The third-order valence-corrected chi connectivity index (χ3v) is 3.88. The number of benzene rings is 2. The summed E-state index contributed by atoms with van der Waals surface area (Å²) in [6.45, 7) is 4.24. The molecule has 2 aromatic carbocycles. The maximum Gasteiger partial charge on any atom is 0.128 e. The SMILES string of the molecule is CCc1ccc(C(N)c2cc(Cl)ccc2F)cc1CC. The number of nitrogens with two attached hydrogens (primary N) is 1. The first kappa shape index (κ1) is 15.0. The minimum Gasteiger partial charge on any atom is -0.320 e. The van der Waals surface area contributed by atoms with Crippen LogP contribution >= 0.6 is 11.6 Å². The van der Waals surface area contributed by atoms with Gasteiger partial charge in [0.05, 0.1) is 6.04 Å². The van der Waals surface area contributed by atoms with Crippen molar-refractivity contribution in [2.24, 2.45) is 5.73 Å². The standard InChI is InChI=1S/C17H19ClFN/c1-3-11-5-6-13(9-12(11)4-2)17(20)15-10-14(18)7-8-16(15)19/h5-10,17H,3-4,20H2,1-2H3. The van der Waals surface area contributed by atoms with Crippen LogP contribution in [-0.2, 0) is 12.8 Å². The molecule has 106 valence electrons. The molecule has 2 rings (SSSR count). The predicted molar refractivity (Wildman–Crippen MR) is 82.6 cm³/mol. The fraction of sp³-hybridized carbons (Fsp3) is 0.294. The van der Waals surface area contributed by atoms with Crippen LogP contribution in [-0.4, -0.2) is 0 Å². The largest absolute Gasteiger partial charge is 0.320 e. The summed E-state index contributed by atoms with van der Waals surface area (Å²) >= 11 is 5.93. The van der Waals surface area contributed by atoms with E-state index in [2.05, 4.69) is 26.0 Å². The lowest BCUT2D eigenvalue weighted by molar-refractivity contribution is 0.599. The molecule has 0 amide bonds. The molecule has 0 radical (unpaired) electrons. The maximum atomic E-state index is 13.9. The minimum atomic E-state index is -0.495. The molecular formula is C17H19ClFN. The van der Waals surface area contributed by atoms with Crippen LogP contribution in [0.25, 0.3) is 0 Å². The van der Waals surface area contributed by atoms with Gasteiger partial charge in [-0.05, 0) is 47.7 Å². The summed E-state index contributed by atoms with van der Waals surface area (Å²) in [5, 5.41) is 0.498. The maximum absolute atomic E-state index is 13.9. The van der Waals surface area contributed by atoms with Crippen molar-refractivity contribution in [1.29, 1.82) is 0 Å². The predicted octanol–water partition coefficient (Wildman–Crippen LogP) is 4.65. The van der Waals surface area contributed by atoms with E-state index in [1.807, 2.05) is 6.07 Å². The van der Waals surface area contributed by atoms with Crippen molar-refractivity contribution in [3.8, 4) is 0 Å². The van der Waals surface area contributed by atoms with Crippen LogP contribution in [0, 0.1) is 5.82 Å². The topological polar surface area (TPSA) is 26.0 Å². The fourth-order valence-corrected chi connectivity index (χ4v) is 2.63. The zero-order valence-corrected chi connectivity index (χ0v) is 12.5. The van der Waals surface area contributed by atoms with Gasteiger partial charge in [-0.3, -0.25) is 0 Å². The van der Waals surface area contributed by atoms with Gasteiger partial charge in [-0.25, -0.2) is 4.39 Å². The highest BCUT2D eigenvalue weighted by atomic mass is 35.5. The van der Waals surface area contributed by atoms with E-state index in [0.29, 0.717) is 10.6 Å². The lowest BCUT2D eigenvalue weighted by Crippen LogP contribution is -2.14. The summed E-state index contributed by atoms with van der Waals surface area (Å²) in [7, 11) is 0. The van der Waals surface area contributed by atoms with Crippen LogP contribution in [0.4, 0.5) is 4.39 Å². The monoisotopic (exact) mass is 291 g/mol. The average Bonchev–Trinajstić information content (AvgIpc) is 2.48. The van der Waals surface area contributed by atoms with E-state index in [9.17, 15) is 4.39 Å². The van der Waals surface area contributed by atoms with Crippen LogP contribution in [0.3, 0.4) is 0 Å². The Labute approximate surface area is 124 Å². The molecule has 0 aliphatic carbocycles. The van der Waals surface area contributed by atoms with Gasteiger partial charge in [0.1, 0.15) is 5.82 Å². The molecule has 0 aliphatic rings. The van der Waals surface area contributed by atoms with Gasteiger partial charge in [-0.15, -0.1) is 0 Å². The molecule has 0 aliphatic heterocycles. The van der Waals surface area contributed by atoms with Gasteiger partial charge in [-0.1, -0.05) is 43.6 Å². The molecule has 0 heterocycles. The Kier molecular flexibility index (Phi) is 4.79.